The second-order valence-electron chi connectivity index (χ2n) is 6.08. The van der Waals surface area contributed by atoms with E-state index in [1.807, 2.05) is 0 Å². The van der Waals surface area contributed by atoms with Crippen LogP contribution in [0.2, 0.25) is 15.1 Å². The normalized spacial score (nSPS) is 10.8. The molecule has 1 amide bonds. The average Bonchev–Trinajstić information content (AvgIpc) is 3.15. The van der Waals surface area contributed by atoms with Gasteiger partial charge in [0, 0.05) is 17.4 Å². The summed E-state index contributed by atoms with van der Waals surface area (Å²) >= 11 is 23.4. The number of hydrogen-bond donors (Lipinski definition) is 2. The molecule has 2 N–H and O–H groups in total. The smallest absolute Gasteiger partial charge is 0.257 e. The first-order valence-corrected chi connectivity index (χ1v) is 10.0. The third-order valence-corrected chi connectivity index (χ3v) is 5.30. The highest BCUT2D eigenvalue weighted by Crippen LogP contribution is 2.31. The summed E-state index contributed by atoms with van der Waals surface area (Å²) in [6, 6.07) is 13.2. The molecule has 150 valence electrons. The molecule has 0 bridgehead atoms. The van der Waals surface area contributed by atoms with Crippen LogP contribution in [0.25, 0.3) is 22.7 Å². The molecule has 0 fully saturated rings. The van der Waals surface area contributed by atoms with Gasteiger partial charge in [-0.2, -0.15) is 4.98 Å². The van der Waals surface area contributed by atoms with E-state index in [9.17, 15) is 4.79 Å². The molecule has 0 aliphatic heterocycles. The van der Waals surface area contributed by atoms with Crippen molar-refractivity contribution in [2.75, 3.05) is 5.32 Å². The fourth-order valence-electron chi connectivity index (χ4n) is 2.63. The summed E-state index contributed by atoms with van der Waals surface area (Å²) in [4.78, 5) is 20.9. The molecule has 0 saturated heterocycles. The van der Waals surface area contributed by atoms with Gasteiger partial charge in [-0.05, 0) is 60.7 Å². The van der Waals surface area contributed by atoms with Gasteiger partial charge >= 0.3 is 0 Å². The Morgan fingerprint density at radius 1 is 1.00 bits per heavy atom. The molecule has 2 heterocycles. The third kappa shape index (κ3) is 4.39. The van der Waals surface area contributed by atoms with Crippen molar-refractivity contribution in [2.24, 2.45) is 0 Å². The lowest BCUT2D eigenvalue weighted by molar-refractivity contribution is 0.0977. The van der Waals surface area contributed by atoms with Crippen LogP contribution < -0.4 is 10.6 Å². The van der Waals surface area contributed by atoms with Crippen molar-refractivity contribution in [3.8, 4) is 11.5 Å². The van der Waals surface area contributed by atoms with Gasteiger partial charge in [-0.15, -0.1) is 0 Å². The average molecular weight is 478 g/mol. The van der Waals surface area contributed by atoms with Gasteiger partial charge in [0.15, 0.2) is 16.3 Å². The molecule has 0 saturated carbocycles. The fraction of sp³-hybridized carbons (Fsp3) is 0. The van der Waals surface area contributed by atoms with Crippen LogP contribution >= 0.6 is 47.0 Å². The minimum Gasteiger partial charge on any atom is -0.434 e. The summed E-state index contributed by atoms with van der Waals surface area (Å²) in [5, 5.41) is 6.69. The van der Waals surface area contributed by atoms with Crippen LogP contribution in [0.15, 0.2) is 59.1 Å². The number of fused-ring (bicyclic) bond motifs is 1. The maximum absolute atomic E-state index is 12.4. The van der Waals surface area contributed by atoms with Crippen molar-refractivity contribution in [2.45, 2.75) is 0 Å². The van der Waals surface area contributed by atoms with Crippen LogP contribution in [0.1, 0.15) is 10.4 Å². The molecule has 30 heavy (non-hydrogen) atoms. The number of rotatable bonds is 3. The van der Waals surface area contributed by atoms with Gasteiger partial charge in [0.25, 0.3) is 5.91 Å². The standard InChI is InChI=1S/C20H11Cl3N4O2S/c21-13-6-4-11(9-12(13)19-26-17-16(29-19)2-1-7-24-17)25-20(30)27-18(28)10-3-5-14(22)15(23)8-10/h1-9H,(H2,25,27,28,30). The van der Waals surface area contributed by atoms with Crippen molar-refractivity contribution in [3.63, 3.8) is 0 Å². The van der Waals surface area contributed by atoms with Crippen LogP contribution in [0.4, 0.5) is 5.69 Å². The van der Waals surface area contributed by atoms with Crippen LogP contribution in [0.3, 0.4) is 0 Å². The second-order valence-corrected chi connectivity index (χ2v) is 7.71. The molecule has 0 aliphatic rings. The summed E-state index contributed by atoms with van der Waals surface area (Å²) in [5.74, 6) is -0.103. The van der Waals surface area contributed by atoms with E-state index in [0.717, 1.165) is 0 Å². The van der Waals surface area contributed by atoms with Crippen LogP contribution in [0.5, 0.6) is 0 Å². The zero-order chi connectivity index (χ0) is 21.3. The summed E-state index contributed by atoms with van der Waals surface area (Å²) in [6.07, 6.45) is 1.63. The molecule has 0 aliphatic carbocycles. The van der Waals surface area contributed by atoms with Crippen molar-refractivity contribution in [1.82, 2.24) is 15.3 Å². The monoisotopic (exact) mass is 476 g/mol. The predicted octanol–water partition coefficient (Wildman–Crippen LogP) is 5.98. The van der Waals surface area contributed by atoms with E-state index in [0.29, 0.717) is 44.0 Å². The van der Waals surface area contributed by atoms with Crippen molar-refractivity contribution < 1.29 is 9.21 Å². The Kier molecular flexibility index (Phi) is 5.87. The molecule has 0 unspecified atom stereocenters. The number of hydrogen-bond acceptors (Lipinski definition) is 5. The third-order valence-electron chi connectivity index (χ3n) is 4.03. The van der Waals surface area contributed by atoms with Crippen LogP contribution in [-0.4, -0.2) is 21.0 Å². The Labute approximate surface area is 191 Å². The van der Waals surface area contributed by atoms with Crippen molar-refractivity contribution in [1.29, 1.82) is 0 Å². The summed E-state index contributed by atoms with van der Waals surface area (Å²) < 4.78 is 5.73. The van der Waals surface area contributed by atoms with Crippen LogP contribution in [0, 0.1) is 0 Å². The molecule has 2 aromatic carbocycles. The van der Waals surface area contributed by atoms with Gasteiger partial charge in [0.2, 0.25) is 5.89 Å². The minimum absolute atomic E-state index is 0.0959. The molecule has 4 aromatic rings. The maximum Gasteiger partial charge on any atom is 0.257 e. The number of carbonyl (C=O) groups is 1. The Balaban J connectivity index is 1.52. The van der Waals surface area contributed by atoms with Gasteiger partial charge < -0.3 is 9.73 Å². The molecular formula is C20H11Cl3N4O2S. The number of halogens is 3. The van der Waals surface area contributed by atoms with E-state index in [-0.39, 0.29) is 10.1 Å². The molecular weight excluding hydrogens is 467 g/mol. The van der Waals surface area contributed by atoms with E-state index in [1.54, 1.807) is 42.6 Å². The lowest BCUT2D eigenvalue weighted by atomic mass is 10.2. The van der Waals surface area contributed by atoms with E-state index in [4.69, 9.17) is 51.4 Å². The fourth-order valence-corrected chi connectivity index (χ4v) is 3.33. The van der Waals surface area contributed by atoms with Crippen molar-refractivity contribution >= 4 is 75.0 Å². The Bertz CT molecular complexity index is 1260. The number of benzene rings is 2. The zero-order valence-electron chi connectivity index (χ0n) is 14.9. The SMILES string of the molecule is O=C(NC(=S)Nc1ccc(Cl)c(-c2nc3ncccc3o2)c1)c1ccc(Cl)c(Cl)c1. The number of oxazole rings is 1. The molecule has 2 aromatic heterocycles. The topological polar surface area (TPSA) is 80.0 Å². The highest BCUT2D eigenvalue weighted by atomic mass is 35.5. The molecule has 0 atom stereocenters. The maximum atomic E-state index is 12.4. The molecule has 0 spiro atoms. The zero-order valence-corrected chi connectivity index (χ0v) is 18.0. The van der Waals surface area contributed by atoms with Gasteiger partial charge in [-0.1, -0.05) is 34.8 Å². The second kappa shape index (κ2) is 8.57. The van der Waals surface area contributed by atoms with E-state index in [2.05, 4.69) is 20.6 Å². The highest BCUT2D eigenvalue weighted by Gasteiger charge is 2.14. The first-order valence-electron chi connectivity index (χ1n) is 8.49. The molecule has 0 radical (unpaired) electrons. The number of pyridine rings is 1. The van der Waals surface area contributed by atoms with Gasteiger partial charge in [0.05, 0.1) is 20.6 Å². The Morgan fingerprint density at radius 3 is 2.57 bits per heavy atom. The minimum atomic E-state index is -0.426. The first kappa shape index (κ1) is 20.6. The first-order chi connectivity index (χ1) is 14.4. The Hall–Kier alpha value is -2.71. The summed E-state index contributed by atoms with van der Waals surface area (Å²) in [5.41, 5.74) is 2.49. The number of nitrogens with zero attached hydrogens (tertiary/aromatic N) is 2. The van der Waals surface area contributed by atoms with E-state index < -0.39 is 5.91 Å². The lowest BCUT2D eigenvalue weighted by Gasteiger charge is -2.11. The molecule has 10 heteroatoms. The number of thiocarbonyl (C=S) groups is 1. The highest BCUT2D eigenvalue weighted by molar-refractivity contribution is 7.80. The van der Waals surface area contributed by atoms with E-state index in [1.165, 1.54) is 12.1 Å². The lowest BCUT2D eigenvalue weighted by Crippen LogP contribution is -2.34. The Morgan fingerprint density at radius 2 is 1.80 bits per heavy atom. The summed E-state index contributed by atoms with van der Waals surface area (Å²) in [7, 11) is 0. The number of aromatic nitrogens is 2. The van der Waals surface area contributed by atoms with E-state index >= 15 is 0 Å². The largest absolute Gasteiger partial charge is 0.434 e. The van der Waals surface area contributed by atoms with Crippen LogP contribution in [-0.2, 0) is 0 Å². The van der Waals surface area contributed by atoms with Gasteiger partial charge in [0.1, 0.15) is 0 Å². The number of amides is 1. The molecule has 4 rings (SSSR count). The number of nitrogens with one attached hydrogen (secondary N) is 2. The number of carbonyl (C=O) groups excluding carboxylic acids is 1. The predicted molar refractivity (Wildman–Crippen MR) is 122 cm³/mol. The van der Waals surface area contributed by atoms with Gasteiger partial charge in [-0.3, -0.25) is 10.1 Å². The molecule has 6 nitrogen and oxygen atoms in total. The summed E-state index contributed by atoms with van der Waals surface area (Å²) in [6.45, 7) is 0. The number of anilines is 1. The van der Waals surface area contributed by atoms with Gasteiger partial charge in [-0.25, -0.2) is 4.98 Å². The van der Waals surface area contributed by atoms with Crippen molar-refractivity contribution in [3.05, 3.63) is 75.4 Å². The quantitative estimate of drug-likeness (QED) is 0.354.